The van der Waals surface area contributed by atoms with Gasteiger partial charge in [0.1, 0.15) is 6.10 Å². The van der Waals surface area contributed by atoms with Crippen LogP contribution in [0.25, 0.3) is 0 Å². The van der Waals surface area contributed by atoms with E-state index in [9.17, 15) is 4.79 Å². The number of carbonyl (C=O) groups excluding carboxylic acids is 1. The average molecular weight is 355 g/mol. The largest absolute Gasteiger partial charge is 0.388 e. The minimum Gasteiger partial charge on any atom is -0.388 e. The Labute approximate surface area is 154 Å². The maximum absolute atomic E-state index is 12.9. The van der Waals surface area contributed by atoms with Crippen LogP contribution >= 0.6 is 0 Å². The van der Waals surface area contributed by atoms with Gasteiger partial charge in [0.15, 0.2) is 0 Å². The molecule has 1 saturated heterocycles. The number of nitrogens with zero attached hydrogens (tertiary/aromatic N) is 2. The molecular weight excluding hydrogens is 330 g/mol. The Morgan fingerprint density at radius 3 is 3.00 bits per heavy atom. The summed E-state index contributed by atoms with van der Waals surface area (Å²) >= 11 is 0. The third-order valence-electron chi connectivity index (χ3n) is 4.43. The van der Waals surface area contributed by atoms with Crippen molar-refractivity contribution in [2.75, 3.05) is 39.2 Å². The summed E-state index contributed by atoms with van der Waals surface area (Å²) in [5.74, 6) is 0.0118. The predicted molar refractivity (Wildman–Crippen MR) is 100 cm³/mol. The number of aryl methyl sites for hydroxylation is 1. The molecule has 1 amide bonds. The molecular formula is C20H25N3O3. The van der Waals surface area contributed by atoms with Crippen LogP contribution in [0.3, 0.4) is 0 Å². The van der Waals surface area contributed by atoms with Crippen molar-refractivity contribution < 1.29 is 14.3 Å². The number of rotatable bonds is 5. The Balaban J connectivity index is 1.77. The molecule has 1 aliphatic heterocycles. The minimum absolute atomic E-state index is 0.0118. The van der Waals surface area contributed by atoms with E-state index in [4.69, 9.17) is 9.47 Å². The van der Waals surface area contributed by atoms with E-state index in [1.807, 2.05) is 55.3 Å². The standard InChI is InChI=1S/C20H25N3O3/c1-14-9-17(21-2)11-18(22-14)19-12-23(7-8-26-19)20(24)16-6-4-5-15(10-16)13-25-3/h4-6,9-11,19H,7-8,12-13H2,1-3H3,(H,21,22)/t19-/m1/s1. The summed E-state index contributed by atoms with van der Waals surface area (Å²) in [4.78, 5) is 19.3. The maximum Gasteiger partial charge on any atom is 0.254 e. The second-order valence-electron chi connectivity index (χ2n) is 6.42. The summed E-state index contributed by atoms with van der Waals surface area (Å²) < 4.78 is 11.0. The van der Waals surface area contributed by atoms with E-state index < -0.39 is 0 Å². The van der Waals surface area contributed by atoms with Crippen LogP contribution in [0.1, 0.15) is 33.4 Å². The number of anilines is 1. The minimum atomic E-state index is -0.221. The molecule has 0 spiro atoms. The Bertz CT molecular complexity index is 779. The quantitative estimate of drug-likeness (QED) is 0.893. The highest BCUT2D eigenvalue weighted by Gasteiger charge is 2.27. The monoisotopic (exact) mass is 355 g/mol. The fourth-order valence-corrected chi connectivity index (χ4v) is 3.16. The van der Waals surface area contributed by atoms with Crippen molar-refractivity contribution >= 4 is 11.6 Å². The molecule has 1 atom stereocenters. The van der Waals surface area contributed by atoms with Gasteiger partial charge in [0.2, 0.25) is 0 Å². The van der Waals surface area contributed by atoms with Crippen molar-refractivity contribution in [1.29, 1.82) is 0 Å². The molecule has 0 saturated carbocycles. The normalized spacial score (nSPS) is 17.2. The van der Waals surface area contributed by atoms with E-state index in [1.54, 1.807) is 7.11 Å². The Morgan fingerprint density at radius 1 is 1.38 bits per heavy atom. The molecule has 0 aliphatic carbocycles. The van der Waals surface area contributed by atoms with Gasteiger partial charge in [0, 0.05) is 37.6 Å². The molecule has 1 aromatic heterocycles. The number of hydrogen-bond donors (Lipinski definition) is 1. The van der Waals surface area contributed by atoms with Crippen LogP contribution in [0.4, 0.5) is 5.69 Å². The van der Waals surface area contributed by atoms with Crippen molar-refractivity contribution in [3.05, 3.63) is 58.9 Å². The van der Waals surface area contributed by atoms with Gasteiger partial charge in [0.25, 0.3) is 5.91 Å². The Hall–Kier alpha value is -2.44. The van der Waals surface area contributed by atoms with E-state index in [2.05, 4.69) is 10.3 Å². The van der Waals surface area contributed by atoms with Gasteiger partial charge in [-0.2, -0.15) is 0 Å². The first-order valence-corrected chi connectivity index (χ1v) is 8.76. The van der Waals surface area contributed by atoms with Crippen molar-refractivity contribution in [1.82, 2.24) is 9.88 Å². The summed E-state index contributed by atoms with van der Waals surface area (Å²) in [6.45, 7) is 4.02. The lowest BCUT2D eigenvalue weighted by molar-refractivity contribution is -0.0247. The van der Waals surface area contributed by atoms with Crippen LogP contribution in [0.15, 0.2) is 36.4 Å². The summed E-state index contributed by atoms with van der Waals surface area (Å²) in [5.41, 5.74) is 4.42. The summed E-state index contributed by atoms with van der Waals surface area (Å²) in [7, 11) is 3.53. The fourth-order valence-electron chi connectivity index (χ4n) is 3.16. The zero-order valence-electron chi connectivity index (χ0n) is 15.5. The Morgan fingerprint density at radius 2 is 2.23 bits per heavy atom. The SMILES string of the molecule is CNc1cc(C)nc([C@H]2CN(C(=O)c3cccc(COC)c3)CCO2)c1. The molecule has 6 heteroatoms. The number of ether oxygens (including phenoxy) is 2. The molecule has 0 radical (unpaired) electrons. The Kier molecular flexibility index (Phi) is 5.85. The van der Waals surface area contributed by atoms with Gasteiger partial charge in [-0.05, 0) is 36.8 Å². The number of morpholine rings is 1. The van der Waals surface area contributed by atoms with E-state index in [0.29, 0.717) is 31.9 Å². The number of nitrogens with one attached hydrogen (secondary N) is 1. The highest BCUT2D eigenvalue weighted by Crippen LogP contribution is 2.25. The van der Waals surface area contributed by atoms with Gasteiger partial charge in [-0.25, -0.2) is 0 Å². The smallest absolute Gasteiger partial charge is 0.254 e. The highest BCUT2D eigenvalue weighted by molar-refractivity contribution is 5.94. The molecule has 0 unspecified atom stereocenters. The molecule has 2 heterocycles. The van der Waals surface area contributed by atoms with Crippen molar-refractivity contribution in [2.24, 2.45) is 0 Å². The van der Waals surface area contributed by atoms with Crippen LogP contribution in [0, 0.1) is 6.92 Å². The third kappa shape index (κ3) is 4.20. The molecule has 1 N–H and O–H groups in total. The molecule has 0 bridgehead atoms. The van der Waals surface area contributed by atoms with Gasteiger partial charge in [-0.15, -0.1) is 0 Å². The lowest BCUT2D eigenvalue weighted by atomic mass is 10.1. The molecule has 1 aromatic carbocycles. The summed E-state index contributed by atoms with van der Waals surface area (Å²) in [5, 5.41) is 3.14. The van der Waals surface area contributed by atoms with Crippen molar-refractivity contribution in [3.8, 4) is 0 Å². The van der Waals surface area contributed by atoms with Gasteiger partial charge >= 0.3 is 0 Å². The first-order chi connectivity index (χ1) is 12.6. The molecule has 2 aromatic rings. The van der Waals surface area contributed by atoms with Crippen LogP contribution in [-0.4, -0.2) is 49.6 Å². The first-order valence-electron chi connectivity index (χ1n) is 8.76. The lowest BCUT2D eigenvalue weighted by Crippen LogP contribution is -2.42. The van der Waals surface area contributed by atoms with Crippen molar-refractivity contribution in [2.45, 2.75) is 19.6 Å². The molecule has 1 aliphatic rings. The second kappa shape index (κ2) is 8.29. The van der Waals surface area contributed by atoms with Crippen LogP contribution in [0.5, 0.6) is 0 Å². The average Bonchev–Trinajstić information content (AvgIpc) is 2.67. The second-order valence-corrected chi connectivity index (χ2v) is 6.42. The number of benzene rings is 1. The zero-order valence-corrected chi connectivity index (χ0v) is 15.5. The topological polar surface area (TPSA) is 63.7 Å². The number of methoxy groups -OCH3 is 1. The lowest BCUT2D eigenvalue weighted by Gasteiger charge is -2.33. The number of amides is 1. The number of aromatic nitrogens is 1. The van der Waals surface area contributed by atoms with Gasteiger partial charge in [-0.3, -0.25) is 9.78 Å². The van der Waals surface area contributed by atoms with E-state index in [-0.39, 0.29) is 12.0 Å². The van der Waals surface area contributed by atoms with Crippen molar-refractivity contribution in [3.63, 3.8) is 0 Å². The number of pyridine rings is 1. The van der Waals surface area contributed by atoms with Crippen LogP contribution < -0.4 is 5.32 Å². The van der Waals surface area contributed by atoms with E-state index >= 15 is 0 Å². The molecule has 3 rings (SSSR count). The zero-order chi connectivity index (χ0) is 18.5. The summed E-state index contributed by atoms with van der Waals surface area (Å²) in [6, 6.07) is 11.5. The number of carbonyl (C=O) groups is 1. The maximum atomic E-state index is 12.9. The summed E-state index contributed by atoms with van der Waals surface area (Å²) in [6.07, 6.45) is -0.221. The van der Waals surface area contributed by atoms with Crippen LogP contribution in [0.2, 0.25) is 0 Å². The molecule has 1 fully saturated rings. The van der Waals surface area contributed by atoms with Gasteiger partial charge in [0.05, 0.1) is 25.5 Å². The first kappa shape index (κ1) is 18.4. The number of hydrogen-bond acceptors (Lipinski definition) is 5. The molecule has 138 valence electrons. The third-order valence-corrected chi connectivity index (χ3v) is 4.43. The van der Waals surface area contributed by atoms with E-state index in [1.165, 1.54) is 0 Å². The predicted octanol–water partition coefficient (Wildman–Crippen LogP) is 2.79. The van der Waals surface area contributed by atoms with Crippen LogP contribution in [-0.2, 0) is 16.1 Å². The fraction of sp³-hybridized carbons (Fsp3) is 0.400. The van der Waals surface area contributed by atoms with Gasteiger partial charge in [-0.1, -0.05) is 12.1 Å². The van der Waals surface area contributed by atoms with Gasteiger partial charge < -0.3 is 19.7 Å². The van der Waals surface area contributed by atoms with E-state index in [0.717, 1.165) is 22.6 Å². The highest BCUT2D eigenvalue weighted by atomic mass is 16.5. The molecule has 26 heavy (non-hydrogen) atoms. The molecule has 6 nitrogen and oxygen atoms in total.